The van der Waals surface area contributed by atoms with Gasteiger partial charge in [-0.15, -0.1) is 0 Å². The minimum atomic E-state index is -0.163. The van der Waals surface area contributed by atoms with Gasteiger partial charge in [0.25, 0.3) is 0 Å². The normalized spacial score (nSPS) is 27.0. The number of carbonyl (C=O) groups is 1. The molecule has 27 heavy (non-hydrogen) atoms. The van der Waals surface area contributed by atoms with Gasteiger partial charge in [0.05, 0.1) is 26.4 Å². The van der Waals surface area contributed by atoms with Gasteiger partial charge in [0.1, 0.15) is 11.5 Å². The number of ether oxygens (including phenoxy) is 2. The second-order valence-electron chi connectivity index (χ2n) is 6.86. The third-order valence-corrected chi connectivity index (χ3v) is 5.67. The molecular formula is C20H22ClN3O3. The second-order valence-corrected chi connectivity index (χ2v) is 7.30. The van der Waals surface area contributed by atoms with Gasteiger partial charge < -0.3 is 14.8 Å². The molecule has 2 aromatic carbocycles. The SMILES string of the molecule is COc1ccc(C2CC(=O)NC3NNC(c4ccc(Cl)cc4)C32)c(OC)c1. The number of hydrazine groups is 1. The third kappa shape index (κ3) is 3.36. The van der Waals surface area contributed by atoms with E-state index in [-0.39, 0.29) is 30.0 Å². The van der Waals surface area contributed by atoms with E-state index in [1.807, 2.05) is 42.5 Å². The van der Waals surface area contributed by atoms with E-state index in [0.29, 0.717) is 11.4 Å². The molecule has 2 aliphatic rings. The lowest BCUT2D eigenvalue weighted by Crippen LogP contribution is -2.52. The molecule has 0 aromatic heterocycles. The predicted molar refractivity (Wildman–Crippen MR) is 103 cm³/mol. The molecule has 3 N–H and O–H groups in total. The molecule has 0 saturated carbocycles. The maximum atomic E-state index is 12.3. The highest BCUT2D eigenvalue weighted by molar-refractivity contribution is 6.30. The molecule has 7 heteroatoms. The van der Waals surface area contributed by atoms with Crippen LogP contribution in [-0.2, 0) is 4.79 Å². The number of benzene rings is 2. The first-order chi connectivity index (χ1) is 13.1. The lowest BCUT2D eigenvalue weighted by atomic mass is 9.74. The zero-order chi connectivity index (χ0) is 19.0. The van der Waals surface area contributed by atoms with Gasteiger partial charge in [-0.05, 0) is 29.3 Å². The third-order valence-electron chi connectivity index (χ3n) is 5.42. The van der Waals surface area contributed by atoms with Crippen molar-refractivity contribution < 1.29 is 14.3 Å². The van der Waals surface area contributed by atoms with E-state index < -0.39 is 0 Å². The topological polar surface area (TPSA) is 71.6 Å². The number of halogens is 1. The average Bonchev–Trinajstić information content (AvgIpc) is 3.11. The summed E-state index contributed by atoms with van der Waals surface area (Å²) in [5, 5.41) is 3.75. The highest BCUT2D eigenvalue weighted by atomic mass is 35.5. The Bertz CT molecular complexity index is 843. The summed E-state index contributed by atoms with van der Waals surface area (Å²) in [4.78, 5) is 12.3. The summed E-state index contributed by atoms with van der Waals surface area (Å²) in [6.45, 7) is 0. The van der Waals surface area contributed by atoms with Crippen LogP contribution in [0, 0.1) is 5.92 Å². The molecule has 0 radical (unpaired) electrons. The van der Waals surface area contributed by atoms with Crippen molar-refractivity contribution in [1.82, 2.24) is 16.2 Å². The van der Waals surface area contributed by atoms with Crippen LogP contribution in [0.5, 0.6) is 11.5 Å². The standard InChI is InChI=1S/C20H22ClN3O3/c1-26-13-7-8-14(16(9-13)27-2)15-10-17(25)22-20-18(15)19(23-24-20)11-3-5-12(21)6-4-11/h3-9,15,18-20,23-24H,10H2,1-2H3,(H,22,25). The number of fused-ring (bicyclic) bond motifs is 1. The zero-order valence-corrected chi connectivity index (χ0v) is 15.9. The maximum Gasteiger partial charge on any atom is 0.221 e. The van der Waals surface area contributed by atoms with E-state index in [1.165, 1.54) is 0 Å². The van der Waals surface area contributed by atoms with Crippen LogP contribution in [0.1, 0.15) is 29.5 Å². The van der Waals surface area contributed by atoms with Gasteiger partial charge >= 0.3 is 0 Å². The number of amides is 1. The molecule has 0 bridgehead atoms. The Kier molecular flexibility index (Phi) is 4.95. The highest BCUT2D eigenvalue weighted by Gasteiger charge is 2.47. The van der Waals surface area contributed by atoms with E-state index in [2.05, 4.69) is 16.2 Å². The Morgan fingerprint density at radius 2 is 1.81 bits per heavy atom. The molecular weight excluding hydrogens is 366 g/mol. The fourth-order valence-corrected chi connectivity index (χ4v) is 4.27. The molecule has 1 amide bonds. The summed E-state index contributed by atoms with van der Waals surface area (Å²) >= 11 is 6.05. The summed E-state index contributed by atoms with van der Waals surface area (Å²) in [6, 6.07) is 13.6. The molecule has 2 fully saturated rings. The van der Waals surface area contributed by atoms with Crippen molar-refractivity contribution in [2.75, 3.05) is 14.2 Å². The van der Waals surface area contributed by atoms with Gasteiger partial charge in [-0.2, -0.15) is 0 Å². The summed E-state index contributed by atoms with van der Waals surface area (Å²) in [5.74, 6) is 1.59. The van der Waals surface area contributed by atoms with Crippen LogP contribution in [0.4, 0.5) is 0 Å². The van der Waals surface area contributed by atoms with Crippen molar-refractivity contribution in [2.45, 2.75) is 24.5 Å². The first-order valence-corrected chi connectivity index (χ1v) is 9.26. The lowest BCUT2D eigenvalue weighted by Gasteiger charge is -2.36. The summed E-state index contributed by atoms with van der Waals surface area (Å²) in [5.41, 5.74) is 8.70. The van der Waals surface area contributed by atoms with E-state index in [1.54, 1.807) is 14.2 Å². The van der Waals surface area contributed by atoms with Crippen LogP contribution in [0.2, 0.25) is 5.02 Å². The summed E-state index contributed by atoms with van der Waals surface area (Å²) in [6.07, 6.45) is 0.237. The fourth-order valence-electron chi connectivity index (χ4n) is 4.15. The molecule has 4 atom stereocenters. The van der Waals surface area contributed by atoms with Gasteiger partial charge in [-0.25, -0.2) is 10.9 Å². The average molecular weight is 388 g/mol. The quantitative estimate of drug-likeness (QED) is 0.752. The second kappa shape index (κ2) is 7.38. The maximum absolute atomic E-state index is 12.3. The number of carbonyl (C=O) groups excluding carboxylic acids is 1. The summed E-state index contributed by atoms with van der Waals surface area (Å²) < 4.78 is 10.9. The zero-order valence-electron chi connectivity index (χ0n) is 15.2. The minimum Gasteiger partial charge on any atom is -0.497 e. The largest absolute Gasteiger partial charge is 0.497 e. The highest BCUT2D eigenvalue weighted by Crippen LogP contribution is 2.46. The van der Waals surface area contributed by atoms with Crippen molar-refractivity contribution in [2.24, 2.45) is 5.92 Å². The van der Waals surface area contributed by atoms with Crippen LogP contribution < -0.4 is 25.6 Å². The molecule has 4 rings (SSSR count). The van der Waals surface area contributed by atoms with Crippen LogP contribution in [0.25, 0.3) is 0 Å². The van der Waals surface area contributed by atoms with Gasteiger partial charge in [0, 0.05) is 29.3 Å². The number of hydrogen-bond acceptors (Lipinski definition) is 5. The van der Waals surface area contributed by atoms with E-state index in [9.17, 15) is 4.79 Å². The minimum absolute atomic E-state index is 0.00668. The Balaban J connectivity index is 1.74. The van der Waals surface area contributed by atoms with E-state index in [0.717, 1.165) is 22.6 Å². The molecule has 2 heterocycles. The first kappa shape index (κ1) is 18.1. The van der Waals surface area contributed by atoms with Crippen LogP contribution in [0.3, 0.4) is 0 Å². The smallest absolute Gasteiger partial charge is 0.221 e. The van der Waals surface area contributed by atoms with Crippen molar-refractivity contribution in [1.29, 1.82) is 0 Å². The number of rotatable bonds is 4. The molecule has 0 aliphatic carbocycles. The first-order valence-electron chi connectivity index (χ1n) is 8.88. The predicted octanol–water partition coefficient (Wildman–Crippen LogP) is 2.75. The van der Waals surface area contributed by atoms with Crippen molar-refractivity contribution in [3.8, 4) is 11.5 Å². The molecule has 2 saturated heterocycles. The Morgan fingerprint density at radius 3 is 2.52 bits per heavy atom. The van der Waals surface area contributed by atoms with Gasteiger partial charge in [-0.3, -0.25) is 4.79 Å². The molecule has 0 spiro atoms. The Labute approximate surface area is 163 Å². The molecule has 2 aromatic rings. The van der Waals surface area contributed by atoms with E-state index >= 15 is 0 Å². The Morgan fingerprint density at radius 1 is 1.04 bits per heavy atom. The Hall–Kier alpha value is -2.28. The van der Waals surface area contributed by atoms with Gasteiger partial charge in [0.15, 0.2) is 0 Å². The van der Waals surface area contributed by atoms with Crippen molar-refractivity contribution >= 4 is 17.5 Å². The molecule has 4 unspecified atom stereocenters. The van der Waals surface area contributed by atoms with Gasteiger partial charge in [0.2, 0.25) is 5.91 Å². The molecule has 142 valence electrons. The van der Waals surface area contributed by atoms with Crippen molar-refractivity contribution in [3.63, 3.8) is 0 Å². The fraction of sp³-hybridized carbons (Fsp3) is 0.350. The van der Waals surface area contributed by atoms with Crippen LogP contribution >= 0.6 is 11.6 Å². The summed E-state index contributed by atoms with van der Waals surface area (Å²) in [7, 11) is 3.26. The van der Waals surface area contributed by atoms with Crippen molar-refractivity contribution in [3.05, 3.63) is 58.6 Å². The molecule has 6 nitrogen and oxygen atoms in total. The van der Waals surface area contributed by atoms with E-state index in [4.69, 9.17) is 21.1 Å². The van der Waals surface area contributed by atoms with Crippen LogP contribution in [-0.4, -0.2) is 26.3 Å². The number of piperidine rings is 1. The number of nitrogens with one attached hydrogen (secondary N) is 3. The molecule has 2 aliphatic heterocycles. The van der Waals surface area contributed by atoms with Crippen LogP contribution in [0.15, 0.2) is 42.5 Å². The van der Waals surface area contributed by atoms with Gasteiger partial charge in [-0.1, -0.05) is 29.8 Å². The number of hydrogen-bond donors (Lipinski definition) is 3. The lowest BCUT2D eigenvalue weighted by molar-refractivity contribution is -0.125. The number of methoxy groups -OCH3 is 2. The monoisotopic (exact) mass is 387 g/mol.